The van der Waals surface area contributed by atoms with Crippen molar-refractivity contribution in [1.82, 2.24) is 24.6 Å². The predicted octanol–water partition coefficient (Wildman–Crippen LogP) is 1.49. The van der Waals surface area contributed by atoms with Gasteiger partial charge in [0.15, 0.2) is 5.69 Å². The standard InChI is InChI=1S/C22H37N5O4S/c1-25(2)10-11-26(3)9-4-12-32(29,30)27-18-7-8-19(27)14-17(13-18)23-22(28)20-15-21(31-24-20)16-5-6-16/h15-19H,4-14H2,1-3H3,(H,23,28)/t17-,18+,19-. The first-order valence-corrected chi connectivity index (χ1v) is 13.5. The molecule has 1 N–H and O–H groups in total. The van der Waals surface area contributed by atoms with E-state index in [4.69, 9.17) is 4.52 Å². The third-order valence-electron chi connectivity index (χ3n) is 6.93. The molecule has 0 radical (unpaired) electrons. The fourth-order valence-corrected chi connectivity index (χ4v) is 7.02. The number of aromatic nitrogens is 1. The zero-order valence-corrected chi connectivity index (χ0v) is 20.3. The summed E-state index contributed by atoms with van der Waals surface area (Å²) in [6.07, 6.45) is 5.90. The number of hydrogen-bond acceptors (Lipinski definition) is 7. The van der Waals surface area contributed by atoms with E-state index < -0.39 is 10.0 Å². The van der Waals surface area contributed by atoms with Crippen molar-refractivity contribution in [2.45, 2.75) is 69.0 Å². The quantitative estimate of drug-likeness (QED) is 0.526. The summed E-state index contributed by atoms with van der Waals surface area (Å²) in [6, 6.07) is 1.69. The molecule has 0 unspecified atom stereocenters. The van der Waals surface area contributed by atoms with Crippen molar-refractivity contribution in [2.75, 3.05) is 46.5 Å². The number of carbonyl (C=O) groups is 1. The van der Waals surface area contributed by atoms with Gasteiger partial charge in [-0.3, -0.25) is 4.79 Å². The molecule has 4 rings (SSSR count). The number of nitrogens with zero attached hydrogens (tertiary/aromatic N) is 4. The van der Waals surface area contributed by atoms with E-state index in [1.54, 1.807) is 10.4 Å². The second kappa shape index (κ2) is 9.79. The maximum atomic E-state index is 13.1. The molecular formula is C22H37N5O4S. The molecule has 1 aromatic rings. The Labute approximate surface area is 191 Å². The number of likely N-dealkylation sites (N-methyl/N-ethyl adjacent to an activating group) is 2. The van der Waals surface area contributed by atoms with Gasteiger partial charge in [-0.2, -0.15) is 4.31 Å². The van der Waals surface area contributed by atoms with E-state index in [-0.39, 0.29) is 29.8 Å². The normalized spacial score (nSPS) is 26.2. The van der Waals surface area contributed by atoms with Gasteiger partial charge in [0.25, 0.3) is 5.91 Å². The van der Waals surface area contributed by atoms with Gasteiger partial charge in [0, 0.05) is 43.2 Å². The molecule has 3 aliphatic rings. The van der Waals surface area contributed by atoms with E-state index >= 15 is 0 Å². The van der Waals surface area contributed by atoms with Crippen LogP contribution in [0.2, 0.25) is 0 Å². The minimum Gasteiger partial charge on any atom is -0.360 e. The van der Waals surface area contributed by atoms with E-state index in [1.165, 1.54) is 0 Å². The maximum absolute atomic E-state index is 13.1. The number of hydrogen-bond donors (Lipinski definition) is 1. The van der Waals surface area contributed by atoms with Gasteiger partial charge in [0.05, 0.1) is 5.75 Å². The van der Waals surface area contributed by atoms with Crippen molar-refractivity contribution in [1.29, 1.82) is 0 Å². The summed E-state index contributed by atoms with van der Waals surface area (Å²) in [6.45, 7) is 2.66. The SMILES string of the molecule is CN(C)CCN(C)CCCS(=O)(=O)N1[C@@H]2CC[C@H]1C[C@@H](NC(=O)c1cc(C3CC3)on1)C2. The lowest BCUT2D eigenvalue weighted by molar-refractivity contribution is 0.0900. The second-order valence-corrected chi connectivity index (χ2v) is 12.0. The molecule has 3 fully saturated rings. The van der Waals surface area contributed by atoms with Gasteiger partial charge in [-0.1, -0.05) is 5.16 Å². The number of sulfonamides is 1. The van der Waals surface area contributed by atoms with Crippen molar-refractivity contribution in [3.8, 4) is 0 Å². The Morgan fingerprint density at radius 1 is 1.12 bits per heavy atom. The van der Waals surface area contributed by atoms with Crippen LogP contribution in [0.1, 0.15) is 67.1 Å². The summed E-state index contributed by atoms with van der Waals surface area (Å²) in [7, 11) is 2.82. The van der Waals surface area contributed by atoms with Gasteiger partial charge in [0.1, 0.15) is 5.76 Å². The van der Waals surface area contributed by atoms with Gasteiger partial charge in [-0.15, -0.1) is 0 Å². The second-order valence-electron chi connectivity index (χ2n) is 10.0. The van der Waals surface area contributed by atoms with E-state index in [9.17, 15) is 13.2 Å². The van der Waals surface area contributed by atoms with E-state index in [1.807, 2.05) is 21.1 Å². The first-order valence-electron chi connectivity index (χ1n) is 11.8. The highest BCUT2D eigenvalue weighted by Gasteiger charge is 2.46. The molecule has 2 aliphatic heterocycles. The summed E-state index contributed by atoms with van der Waals surface area (Å²) in [5, 5.41) is 6.99. The number of nitrogens with one attached hydrogen (secondary N) is 1. The molecular weight excluding hydrogens is 430 g/mol. The molecule has 9 nitrogen and oxygen atoms in total. The van der Waals surface area contributed by atoms with Crippen LogP contribution < -0.4 is 5.32 Å². The molecule has 180 valence electrons. The predicted molar refractivity (Wildman–Crippen MR) is 122 cm³/mol. The molecule has 0 aromatic carbocycles. The van der Waals surface area contributed by atoms with E-state index in [0.717, 1.165) is 51.1 Å². The molecule has 32 heavy (non-hydrogen) atoms. The molecule has 3 atom stereocenters. The summed E-state index contributed by atoms with van der Waals surface area (Å²) < 4.78 is 33.3. The van der Waals surface area contributed by atoms with Crippen LogP contribution in [0.15, 0.2) is 10.6 Å². The van der Waals surface area contributed by atoms with Crippen LogP contribution in [0.5, 0.6) is 0 Å². The van der Waals surface area contributed by atoms with Crippen molar-refractivity contribution in [2.24, 2.45) is 0 Å². The number of fused-ring (bicyclic) bond motifs is 2. The van der Waals surface area contributed by atoms with Gasteiger partial charge in [0.2, 0.25) is 10.0 Å². The fraction of sp³-hybridized carbons (Fsp3) is 0.818. The lowest BCUT2D eigenvalue weighted by Gasteiger charge is -2.38. The topological polar surface area (TPSA) is 99.0 Å². The molecule has 1 aromatic heterocycles. The van der Waals surface area contributed by atoms with Gasteiger partial charge in [-0.05, 0) is 72.6 Å². The minimum absolute atomic E-state index is 0.0187. The van der Waals surface area contributed by atoms with Crippen molar-refractivity contribution in [3.05, 3.63) is 17.5 Å². The molecule has 0 spiro atoms. The smallest absolute Gasteiger partial charge is 0.273 e. The highest BCUT2D eigenvalue weighted by Crippen LogP contribution is 2.40. The summed E-state index contributed by atoms with van der Waals surface area (Å²) in [4.78, 5) is 16.9. The number of piperidine rings is 1. The van der Waals surface area contributed by atoms with Gasteiger partial charge >= 0.3 is 0 Å². The first-order chi connectivity index (χ1) is 15.2. The largest absolute Gasteiger partial charge is 0.360 e. The summed E-state index contributed by atoms with van der Waals surface area (Å²) in [5.74, 6) is 1.18. The molecule has 2 saturated heterocycles. The van der Waals surface area contributed by atoms with Crippen molar-refractivity contribution < 1.29 is 17.7 Å². The molecule has 1 saturated carbocycles. The van der Waals surface area contributed by atoms with E-state index in [2.05, 4.69) is 20.3 Å². The molecule has 1 amide bonds. The first kappa shape index (κ1) is 23.7. The zero-order valence-electron chi connectivity index (χ0n) is 19.5. The van der Waals surface area contributed by atoms with Crippen LogP contribution in [0.3, 0.4) is 0 Å². The Hall–Kier alpha value is -1.49. The Bertz CT molecular complexity index is 884. The van der Waals surface area contributed by atoms with E-state index in [0.29, 0.717) is 30.9 Å². The van der Waals surface area contributed by atoms with Crippen LogP contribution in [-0.2, 0) is 10.0 Å². The fourth-order valence-electron chi connectivity index (χ4n) is 5.03. The van der Waals surface area contributed by atoms with Crippen molar-refractivity contribution >= 4 is 15.9 Å². The third-order valence-corrected chi connectivity index (χ3v) is 8.98. The highest BCUT2D eigenvalue weighted by molar-refractivity contribution is 7.89. The maximum Gasteiger partial charge on any atom is 0.273 e. The zero-order chi connectivity index (χ0) is 22.9. The Morgan fingerprint density at radius 3 is 2.44 bits per heavy atom. The number of amides is 1. The number of carbonyl (C=O) groups excluding carboxylic acids is 1. The van der Waals surface area contributed by atoms with Crippen LogP contribution in [0.25, 0.3) is 0 Å². The van der Waals surface area contributed by atoms with Crippen LogP contribution in [0.4, 0.5) is 0 Å². The average Bonchev–Trinajstić information content (AvgIpc) is 3.38. The highest BCUT2D eigenvalue weighted by atomic mass is 32.2. The van der Waals surface area contributed by atoms with Crippen LogP contribution in [-0.4, -0.2) is 98.2 Å². The summed E-state index contributed by atoms with van der Waals surface area (Å²) in [5.41, 5.74) is 0.327. The monoisotopic (exact) mass is 467 g/mol. The van der Waals surface area contributed by atoms with Crippen LogP contribution >= 0.6 is 0 Å². The Balaban J connectivity index is 1.27. The number of rotatable bonds is 11. The Morgan fingerprint density at radius 2 is 1.81 bits per heavy atom. The lowest BCUT2D eigenvalue weighted by Crippen LogP contribution is -2.53. The molecule has 1 aliphatic carbocycles. The van der Waals surface area contributed by atoms with Crippen molar-refractivity contribution in [3.63, 3.8) is 0 Å². The Kier molecular flexibility index (Phi) is 7.24. The summed E-state index contributed by atoms with van der Waals surface area (Å²) >= 11 is 0. The molecule has 3 heterocycles. The third kappa shape index (κ3) is 5.70. The molecule has 2 bridgehead atoms. The lowest BCUT2D eigenvalue weighted by atomic mass is 9.99. The van der Waals surface area contributed by atoms with Gasteiger partial charge < -0.3 is 19.6 Å². The molecule has 10 heteroatoms. The minimum atomic E-state index is -3.29. The van der Waals surface area contributed by atoms with Crippen LogP contribution in [0, 0.1) is 0 Å². The average molecular weight is 468 g/mol. The van der Waals surface area contributed by atoms with Gasteiger partial charge in [-0.25, -0.2) is 8.42 Å².